The highest BCUT2D eigenvalue weighted by Crippen LogP contribution is 2.37. The molecule has 0 aromatic heterocycles. The molecule has 4 rings (SSSR count). The SMILES string of the molecule is Cl.Cl.Clc1cccc(COC2COc3ccccc3C2N2CCNCC2)c1. The summed E-state index contributed by atoms with van der Waals surface area (Å²) >= 11 is 6.09. The van der Waals surface area contributed by atoms with Gasteiger partial charge in [-0.15, -0.1) is 24.8 Å². The molecule has 2 aliphatic rings. The smallest absolute Gasteiger partial charge is 0.124 e. The molecule has 2 atom stereocenters. The lowest BCUT2D eigenvalue weighted by atomic mass is 9.95. The van der Waals surface area contributed by atoms with Gasteiger partial charge in [0.05, 0.1) is 12.6 Å². The average Bonchev–Trinajstić information content (AvgIpc) is 2.66. The van der Waals surface area contributed by atoms with Crippen molar-refractivity contribution in [3.63, 3.8) is 0 Å². The van der Waals surface area contributed by atoms with Gasteiger partial charge < -0.3 is 14.8 Å². The van der Waals surface area contributed by atoms with Crippen LogP contribution in [0.3, 0.4) is 0 Å². The van der Waals surface area contributed by atoms with Gasteiger partial charge in [-0.2, -0.15) is 0 Å². The van der Waals surface area contributed by atoms with E-state index in [-0.39, 0.29) is 37.0 Å². The highest BCUT2D eigenvalue weighted by Gasteiger charge is 2.36. The van der Waals surface area contributed by atoms with Crippen molar-refractivity contribution in [2.45, 2.75) is 18.8 Å². The van der Waals surface area contributed by atoms with E-state index in [0.29, 0.717) is 13.2 Å². The quantitative estimate of drug-likeness (QED) is 0.790. The van der Waals surface area contributed by atoms with E-state index in [2.05, 4.69) is 28.4 Å². The molecule has 1 fully saturated rings. The number of piperazine rings is 1. The third-order valence-corrected chi connectivity index (χ3v) is 5.13. The van der Waals surface area contributed by atoms with Gasteiger partial charge in [-0.3, -0.25) is 4.90 Å². The molecule has 0 amide bonds. The summed E-state index contributed by atoms with van der Waals surface area (Å²) in [5.74, 6) is 0.980. The summed E-state index contributed by atoms with van der Waals surface area (Å²) in [6.07, 6.45) is 0.00646. The minimum absolute atomic E-state index is 0. The Morgan fingerprint density at radius 1 is 1.07 bits per heavy atom. The van der Waals surface area contributed by atoms with Crippen LogP contribution in [0.1, 0.15) is 17.2 Å². The van der Waals surface area contributed by atoms with E-state index in [4.69, 9.17) is 21.1 Å². The summed E-state index contributed by atoms with van der Waals surface area (Å²) in [7, 11) is 0. The predicted molar refractivity (Wildman–Crippen MR) is 114 cm³/mol. The normalized spacial score (nSPS) is 22.0. The highest BCUT2D eigenvalue weighted by molar-refractivity contribution is 6.30. The zero-order valence-corrected chi connectivity index (χ0v) is 17.4. The van der Waals surface area contributed by atoms with Gasteiger partial charge in [-0.05, 0) is 23.8 Å². The number of halogens is 3. The van der Waals surface area contributed by atoms with Gasteiger partial charge in [0, 0.05) is 36.8 Å². The summed E-state index contributed by atoms with van der Waals surface area (Å²) in [6, 6.07) is 16.4. The largest absolute Gasteiger partial charge is 0.490 e. The first kappa shape index (κ1) is 22.3. The van der Waals surface area contributed by atoms with Gasteiger partial charge in [0.2, 0.25) is 0 Å². The van der Waals surface area contributed by atoms with Gasteiger partial charge in [-0.1, -0.05) is 41.9 Å². The maximum Gasteiger partial charge on any atom is 0.124 e. The van der Waals surface area contributed by atoms with Crippen molar-refractivity contribution in [2.75, 3.05) is 32.8 Å². The minimum Gasteiger partial charge on any atom is -0.490 e. The Morgan fingerprint density at radius 2 is 1.85 bits per heavy atom. The van der Waals surface area contributed by atoms with Crippen molar-refractivity contribution >= 4 is 36.4 Å². The highest BCUT2D eigenvalue weighted by atomic mass is 35.5. The zero-order valence-electron chi connectivity index (χ0n) is 15.0. The first-order valence-electron chi connectivity index (χ1n) is 8.84. The van der Waals surface area contributed by atoms with Crippen LogP contribution >= 0.6 is 36.4 Å². The molecule has 0 spiro atoms. The van der Waals surface area contributed by atoms with E-state index in [1.807, 2.05) is 30.3 Å². The van der Waals surface area contributed by atoms with E-state index < -0.39 is 0 Å². The second kappa shape index (κ2) is 10.5. The lowest BCUT2D eigenvalue weighted by Crippen LogP contribution is -2.51. The van der Waals surface area contributed by atoms with E-state index in [9.17, 15) is 0 Å². The third-order valence-electron chi connectivity index (χ3n) is 4.89. The van der Waals surface area contributed by atoms with Gasteiger partial charge >= 0.3 is 0 Å². The molecule has 1 saturated heterocycles. The van der Waals surface area contributed by atoms with Gasteiger partial charge in [0.25, 0.3) is 0 Å². The van der Waals surface area contributed by atoms with E-state index in [1.54, 1.807) is 0 Å². The first-order valence-corrected chi connectivity index (χ1v) is 9.21. The summed E-state index contributed by atoms with van der Waals surface area (Å²) in [4.78, 5) is 2.51. The fraction of sp³-hybridized carbons (Fsp3) is 0.400. The number of rotatable bonds is 4. The molecule has 2 aliphatic heterocycles. The number of fused-ring (bicyclic) bond motifs is 1. The summed E-state index contributed by atoms with van der Waals surface area (Å²) in [5, 5.41) is 4.17. The van der Waals surface area contributed by atoms with Crippen LogP contribution in [0.2, 0.25) is 5.02 Å². The lowest BCUT2D eigenvalue weighted by molar-refractivity contribution is -0.0617. The molecule has 2 aromatic carbocycles. The number of nitrogens with zero attached hydrogens (tertiary/aromatic N) is 1. The van der Waals surface area contributed by atoms with E-state index in [1.165, 1.54) is 5.56 Å². The van der Waals surface area contributed by atoms with Crippen LogP contribution < -0.4 is 10.1 Å². The Bertz CT molecular complexity index is 726. The van der Waals surface area contributed by atoms with Crippen molar-refractivity contribution in [3.8, 4) is 5.75 Å². The molecule has 4 nitrogen and oxygen atoms in total. The molecule has 1 N–H and O–H groups in total. The van der Waals surface area contributed by atoms with Crippen LogP contribution in [0.25, 0.3) is 0 Å². The molecule has 2 aromatic rings. The summed E-state index contributed by atoms with van der Waals surface area (Å²) in [5.41, 5.74) is 2.32. The zero-order chi connectivity index (χ0) is 17.1. The Balaban J connectivity index is 0.00000131. The number of ether oxygens (including phenoxy) is 2. The molecule has 2 unspecified atom stereocenters. The van der Waals surface area contributed by atoms with Crippen molar-refractivity contribution in [3.05, 3.63) is 64.7 Å². The van der Waals surface area contributed by atoms with Crippen LogP contribution in [0.4, 0.5) is 0 Å². The van der Waals surface area contributed by atoms with Crippen molar-refractivity contribution < 1.29 is 9.47 Å². The number of nitrogens with one attached hydrogen (secondary N) is 1. The molecular formula is C20H25Cl3N2O2. The number of hydrogen-bond acceptors (Lipinski definition) is 4. The molecule has 0 aliphatic carbocycles. The molecule has 0 saturated carbocycles. The number of para-hydroxylation sites is 1. The van der Waals surface area contributed by atoms with Crippen LogP contribution in [-0.4, -0.2) is 43.8 Å². The molecule has 27 heavy (non-hydrogen) atoms. The molecule has 0 bridgehead atoms. The molecule has 0 radical (unpaired) electrons. The van der Waals surface area contributed by atoms with Crippen LogP contribution in [-0.2, 0) is 11.3 Å². The second-order valence-electron chi connectivity index (χ2n) is 6.56. The predicted octanol–water partition coefficient (Wildman–Crippen LogP) is 4.11. The fourth-order valence-corrected chi connectivity index (χ4v) is 3.89. The standard InChI is InChI=1S/C20H23ClN2O2.2ClH/c21-16-5-3-4-15(12-16)13-24-19-14-25-18-7-2-1-6-17(18)20(19)23-10-8-22-9-11-23;;/h1-7,12,19-20,22H,8-11,13-14H2;2*1H. The topological polar surface area (TPSA) is 33.7 Å². The molecule has 7 heteroatoms. The Kier molecular flexibility index (Phi) is 8.67. The fourth-order valence-electron chi connectivity index (χ4n) is 3.68. The van der Waals surface area contributed by atoms with Crippen LogP contribution in [0.5, 0.6) is 5.75 Å². The van der Waals surface area contributed by atoms with Crippen molar-refractivity contribution in [1.82, 2.24) is 10.2 Å². The first-order chi connectivity index (χ1) is 12.3. The Hall–Kier alpha value is -1.01. The van der Waals surface area contributed by atoms with Crippen LogP contribution in [0.15, 0.2) is 48.5 Å². The van der Waals surface area contributed by atoms with E-state index in [0.717, 1.165) is 42.5 Å². The summed E-state index contributed by atoms with van der Waals surface area (Å²) < 4.78 is 12.3. The molecular weight excluding hydrogens is 407 g/mol. The van der Waals surface area contributed by atoms with Gasteiger partial charge in [0.15, 0.2) is 0 Å². The minimum atomic E-state index is 0. The Morgan fingerprint density at radius 3 is 2.63 bits per heavy atom. The van der Waals surface area contributed by atoms with Crippen LogP contribution in [0, 0.1) is 0 Å². The van der Waals surface area contributed by atoms with Gasteiger partial charge in [0.1, 0.15) is 18.5 Å². The van der Waals surface area contributed by atoms with Gasteiger partial charge in [-0.25, -0.2) is 0 Å². The second-order valence-corrected chi connectivity index (χ2v) is 7.00. The maximum absolute atomic E-state index is 6.30. The average molecular weight is 432 g/mol. The maximum atomic E-state index is 6.30. The molecule has 148 valence electrons. The molecule has 2 heterocycles. The van der Waals surface area contributed by atoms with Crippen molar-refractivity contribution in [2.24, 2.45) is 0 Å². The number of hydrogen-bond donors (Lipinski definition) is 1. The lowest BCUT2D eigenvalue weighted by Gasteiger charge is -2.42. The number of benzene rings is 2. The Labute approximate surface area is 178 Å². The summed E-state index contributed by atoms with van der Waals surface area (Å²) in [6.45, 7) is 5.19. The van der Waals surface area contributed by atoms with Crippen molar-refractivity contribution in [1.29, 1.82) is 0 Å². The monoisotopic (exact) mass is 430 g/mol. The van der Waals surface area contributed by atoms with E-state index >= 15 is 0 Å². The third kappa shape index (κ3) is 5.29.